The summed E-state index contributed by atoms with van der Waals surface area (Å²) < 4.78 is 11.0. The SMILES string of the molecule is O=C(NC1CCCC1)N1CCCC(c2nc(C3CCOCC3)no2)C1. The van der Waals surface area contributed by atoms with E-state index >= 15 is 0 Å². The largest absolute Gasteiger partial charge is 0.381 e. The van der Waals surface area contributed by atoms with E-state index in [0.717, 1.165) is 64.1 Å². The predicted octanol–water partition coefficient (Wildman–Crippen LogP) is 2.80. The second-order valence-electron chi connectivity index (χ2n) is 7.59. The molecule has 4 rings (SSSR count). The van der Waals surface area contributed by atoms with Crippen LogP contribution in [0.4, 0.5) is 4.79 Å². The number of amides is 2. The molecule has 1 aliphatic carbocycles. The first-order valence-corrected chi connectivity index (χ1v) is 9.76. The first-order valence-electron chi connectivity index (χ1n) is 9.76. The molecule has 3 heterocycles. The van der Waals surface area contributed by atoms with Gasteiger partial charge < -0.3 is 19.5 Å². The number of urea groups is 1. The van der Waals surface area contributed by atoms with Gasteiger partial charge in [0.2, 0.25) is 5.89 Å². The maximum atomic E-state index is 12.5. The molecular weight excluding hydrogens is 320 g/mol. The number of nitrogens with zero attached hydrogens (tertiary/aromatic N) is 3. The van der Waals surface area contributed by atoms with Crippen LogP contribution < -0.4 is 5.32 Å². The molecule has 1 N–H and O–H groups in total. The highest BCUT2D eigenvalue weighted by atomic mass is 16.5. The van der Waals surface area contributed by atoms with E-state index in [1.54, 1.807) is 0 Å². The third-order valence-corrected chi connectivity index (χ3v) is 5.78. The number of hydrogen-bond acceptors (Lipinski definition) is 5. The van der Waals surface area contributed by atoms with Crippen molar-refractivity contribution in [2.45, 2.75) is 69.2 Å². The summed E-state index contributed by atoms with van der Waals surface area (Å²) in [6, 6.07) is 0.428. The monoisotopic (exact) mass is 348 g/mol. The van der Waals surface area contributed by atoms with E-state index in [-0.39, 0.29) is 11.9 Å². The molecule has 0 bridgehead atoms. The lowest BCUT2D eigenvalue weighted by Gasteiger charge is -2.32. The number of piperidine rings is 1. The number of carbonyl (C=O) groups is 1. The molecule has 7 nitrogen and oxygen atoms in total. The van der Waals surface area contributed by atoms with Crippen LogP contribution in [-0.2, 0) is 4.74 Å². The standard InChI is InChI=1S/C18H28N4O3/c23-18(19-15-5-1-2-6-15)22-9-3-4-14(12-22)17-20-16(21-25-17)13-7-10-24-11-8-13/h13-15H,1-12H2,(H,19,23). The van der Waals surface area contributed by atoms with Crippen LogP contribution in [0, 0.1) is 0 Å². The smallest absolute Gasteiger partial charge is 0.317 e. The Morgan fingerprint density at radius 2 is 1.84 bits per heavy atom. The molecule has 3 aliphatic rings. The Morgan fingerprint density at radius 3 is 2.64 bits per heavy atom. The zero-order valence-corrected chi connectivity index (χ0v) is 14.8. The van der Waals surface area contributed by atoms with Gasteiger partial charge in [-0.25, -0.2) is 4.79 Å². The highest BCUT2D eigenvalue weighted by Gasteiger charge is 2.31. The Labute approximate surface area is 148 Å². The minimum Gasteiger partial charge on any atom is -0.381 e. The highest BCUT2D eigenvalue weighted by molar-refractivity contribution is 5.74. The molecule has 2 saturated heterocycles. The van der Waals surface area contributed by atoms with Crippen molar-refractivity contribution < 1.29 is 14.1 Å². The molecule has 0 spiro atoms. The molecule has 1 saturated carbocycles. The van der Waals surface area contributed by atoms with E-state index in [2.05, 4.69) is 15.5 Å². The Kier molecular flexibility index (Phi) is 5.20. The van der Waals surface area contributed by atoms with Gasteiger partial charge in [-0.1, -0.05) is 18.0 Å². The maximum Gasteiger partial charge on any atom is 0.317 e. The Bertz CT molecular complexity index is 579. The van der Waals surface area contributed by atoms with E-state index in [4.69, 9.17) is 9.26 Å². The normalized spacial score (nSPS) is 26.1. The molecule has 1 unspecified atom stereocenters. The molecule has 0 aromatic carbocycles. The molecule has 7 heteroatoms. The first kappa shape index (κ1) is 16.8. The zero-order valence-electron chi connectivity index (χ0n) is 14.8. The third-order valence-electron chi connectivity index (χ3n) is 5.78. The van der Waals surface area contributed by atoms with Crippen molar-refractivity contribution in [1.29, 1.82) is 0 Å². The van der Waals surface area contributed by atoms with Crippen LogP contribution in [-0.4, -0.2) is 53.4 Å². The van der Waals surface area contributed by atoms with Crippen molar-refractivity contribution in [1.82, 2.24) is 20.4 Å². The van der Waals surface area contributed by atoms with Gasteiger partial charge in [0.25, 0.3) is 0 Å². The average Bonchev–Trinajstić information content (AvgIpc) is 3.34. The van der Waals surface area contributed by atoms with E-state index in [1.807, 2.05) is 4.90 Å². The van der Waals surface area contributed by atoms with Gasteiger partial charge in [-0.3, -0.25) is 0 Å². The van der Waals surface area contributed by atoms with Crippen LogP contribution >= 0.6 is 0 Å². The maximum absolute atomic E-state index is 12.5. The fraction of sp³-hybridized carbons (Fsp3) is 0.833. The van der Waals surface area contributed by atoms with Gasteiger partial charge in [-0.2, -0.15) is 4.98 Å². The topological polar surface area (TPSA) is 80.5 Å². The molecule has 138 valence electrons. The van der Waals surface area contributed by atoms with Gasteiger partial charge in [-0.15, -0.1) is 0 Å². The lowest BCUT2D eigenvalue weighted by Crippen LogP contribution is -2.47. The number of carbonyl (C=O) groups excluding carboxylic acids is 1. The van der Waals surface area contributed by atoms with Crippen molar-refractivity contribution in [3.63, 3.8) is 0 Å². The Balaban J connectivity index is 1.35. The Morgan fingerprint density at radius 1 is 1.04 bits per heavy atom. The van der Waals surface area contributed by atoms with Crippen molar-refractivity contribution in [2.75, 3.05) is 26.3 Å². The predicted molar refractivity (Wildman–Crippen MR) is 91.4 cm³/mol. The van der Waals surface area contributed by atoms with Crippen molar-refractivity contribution in [3.8, 4) is 0 Å². The van der Waals surface area contributed by atoms with E-state index < -0.39 is 0 Å². The second kappa shape index (κ2) is 7.72. The van der Waals surface area contributed by atoms with Crippen LogP contribution in [0.1, 0.15) is 74.9 Å². The molecule has 1 aromatic heterocycles. The molecule has 2 aliphatic heterocycles. The van der Waals surface area contributed by atoms with Crippen LogP contribution in [0.2, 0.25) is 0 Å². The summed E-state index contributed by atoms with van der Waals surface area (Å²) in [5.41, 5.74) is 0. The molecule has 1 aromatic rings. The van der Waals surface area contributed by atoms with Gasteiger partial charge in [0, 0.05) is 38.3 Å². The van der Waals surface area contributed by atoms with Crippen molar-refractivity contribution in [3.05, 3.63) is 11.7 Å². The summed E-state index contributed by atoms with van der Waals surface area (Å²) in [5, 5.41) is 7.39. The summed E-state index contributed by atoms with van der Waals surface area (Å²) in [6.07, 6.45) is 8.58. The highest BCUT2D eigenvalue weighted by Crippen LogP contribution is 2.29. The average molecular weight is 348 g/mol. The molecular formula is C18H28N4O3. The fourth-order valence-corrected chi connectivity index (χ4v) is 4.23. The summed E-state index contributed by atoms with van der Waals surface area (Å²) in [6.45, 7) is 3.03. The quantitative estimate of drug-likeness (QED) is 0.908. The van der Waals surface area contributed by atoms with Gasteiger partial charge >= 0.3 is 6.03 Å². The minimum absolute atomic E-state index is 0.0702. The van der Waals surface area contributed by atoms with E-state index in [1.165, 1.54) is 12.8 Å². The summed E-state index contributed by atoms with van der Waals surface area (Å²) in [5.74, 6) is 2.01. The molecule has 25 heavy (non-hydrogen) atoms. The van der Waals surface area contributed by atoms with Crippen LogP contribution in [0.3, 0.4) is 0 Å². The third kappa shape index (κ3) is 3.97. The van der Waals surface area contributed by atoms with Crippen LogP contribution in [0.25, 0.3) is 0 Å². The van der Waals surface area contributed by atoms with Gasteiger partial charge in [0.15, 0.2) is 5.82 Å². The summed E-state index contributed by atoms with van der Waals surface area (Å²) >= 11 is 0. The Hall–Kier alpha value is -1.63. The number of likely N-dealkylation sites (tertiary alicyclic amines) is 1. The lowest BCUT2D eigenvalue weighted by atomic mass is 9.97. The van der Waals surface area contributed by atoms with Gasteiger partial charge in [-0.05, 0) is 38.5 Å². The van der Waals surface area contributed by atoms with Crippen molar-refractivity contribution in [2.24, 2.45) is 0 Å². The summed E-state index contributed by atoms with van der Waals surface area (Å²) in [4.78, 5) is 19.1. The van der Waals surface area contributed by atoms with Gasteiger partial charge in [0.05, 0.1) is 5.92 Å². The number of nitrogens with one attached hydrogen (secondary N) is 1. The first-order chi connectivity index (χ1) is 12.3. The molecule has 2 amide bonds. The number of rotatable bonds is 3. The minimum atomic E-state index is 0.0702. The number of ether oxygens (including phenoxy) is 1. The van der Waals surface area contributed by atoms with Crippen LogP contribution in [0.5, 0.6) is 0 Å². The van der Waals surface area contributed by atoms with Crippen molar-refractivity contribution >= 4 is 6.03 Å². The fourth-order valence-electron chi connectivity index (χ4n) is 4.23. The second-order valence-corrected chi connectivity index (χ2v) is 7.59. The number of aromatic nitrogens is 2. The summed E-state index contributed by atoms with van der Waals surface area (Å²) in [7, 11) is 0. The van der Waals surface area contributed by atoms with Gasteiger partial charge in [0.1, 0.15) is 0 Å². The number of hydrogen-bond donors (Lipinski definition) is 1. The van der Waals surface area contributed by atoms with E-state index in [0.29, 0.717) is 24.4 Å². The molecule has 3 fully saturated rings. The molecule has 0 radical (unpaired) electrons. The van der Waals surface area contributed by atoms with E-state index in [9.17, 15) is 4.79 Å². The lowest BCUT2D eigenvalue weighted by molar-refractivity contribution is 0.0830. The zero-order chi connectivity index (χ0) is 17.1. The molecule has 1 atom stereocenters. The van der Waals surface area contributed by atoms with Crippen LogP contribution in [0.15, 0.2) is 4.52 Å².